The molecule has 6 heteroatoms. The lowest BCUT2D eigenvalue weighted by molar-refractivity contribution is 0.148. The van der Waals surface area contributed by atoms with Gasteiger partial charge in [0.2, 0.25) is 0 Å². The van der Waals surface area contributed by atoms with Crippen molar-refractivity contribution in [1.29, 1.82) is 0 Å². The van der Waals surface area contributed by atoms with E-state index in [2.05, 4.69) is 63.4 Å². The van der Waals surface area contributed by atoms with Gasteiger partial charge in [-0.15, -0.1) is 0 Å². The standard InChI is InChI=1S/C24H43NO3Si2/c1-20(16-17-27-18-21-11-13-22(26-3)14-12-21)10-15-23-24(2,28-23)19-25(29(4,5)6)30(7,8)9/h11-14,16,23H,10,15,17-19H2,1-9H3/b20-16+/t23-,24-/m0/s1. The van der Waals surface area contributed by atoms with Crippen LogP contribution >= 0.6 is 0 Å². The molecule has 0 unspecified atom stereocenters. The second-order valence-electron chi connectivity index (χ2n) is 10.8. The average molecular weight is 450 g/mol. The monoisotopic (exact) mass is 449 g/mol. The largest absolute Gasteiger partial charge is 0.497 e. The van der Waals surface area contributed by atoms with Gasteiger partial charge in [0.1, 0.15) is 27.8 Å². The Morgan fingerprint density at radius 2 is 1.70 bits per heavy atom. The Morgan fingerprint density at radius 1 is 1.10 bits per heavy atom. The molecule has 1 aromatic carbocycles. The summed E-state index contributed by atoms with van der Waals surface area (Å²) in [5.74, 6) is 0.876. The fraction of sp³-hybridized carbons (Fsp3) is 0.667. The normalized spacial score (nSPS) is 22.5. The number of allylic oxidation sites excluding steroid dienone is 1. The third kappa shape index (κ3) is 7.64. The maximum Gasteiger partial charge on any atom is 0.118 e. The minimum Gasteiger partial charge on any atom is -0.497 e. The number of hydrogen-bond acceptors (Lipinski definition) is 4. The van der Waals surface area contributed by atoms with Gasteiger partial charge in [-0.1, -0.05) is 63.1 Å². The molecule has 0 N–H and O–H groups in total. The van der Waals surface area contributed by atoms with Crippen molar-refractivity contribution < 1.29 is 14.2 Å². The number of nitrogens with zero attached hydrogens (tertiary/aromatic N) is 1. The van der Waals surface area contributed by atoms with Crippen molar-refractivity contribution >= 4 is 16.5 Å². The molecule has 1 aliphatic heterocycles. The smallest absolute Gasteiger partial charge is 0.118 e. The fourth-order valence-electron chi connectivity index (χ4n) is 4.15. The third-order valence-corrected chi connectivity index (χ3v) is 13.5. The van der Waals surface area contributed by atoms with E-state index in [1.54, 1.807) is 7.11 Å². The molecule has 4 nitrogen and oxygen atoms in total. The van der Waals surface area contributed by atoms with Crippen LogP contribution in [0.25, 0.3) is 0 Å². The molecule has 170 valence electrons. The van der Waals surface area contributed by atoms with Crippen molar-refractivity contribution in [1.82, 2.24) is 4.23 Å². The summed E-state index contributed by atoms with van der Waals surface area (Å²) in [4.78, 5) is 0. The summed E-state index contributed by atoms with van der Waals surface area (Å²) >= 11 is 0. The third-order valence-electron chi connectivity index (χ3n) is 5.91. The molecule has 0 bridgehead atoms. The van der Waals surface area contributed by atoms with Crippen molar-refractivity contribution in [2.75, 3.05) is 20.3 Å². The Hall–Kier alpha value is -0.926. The molecule has 1 fully saturated rings. The van der Waals surface area contributed by atoms with Gasteiger partial charge in [0, 0.05) is 6.54 Å². The zero-order chi connectivity index (χ0) is 22.6. The number of benzene rings is 1. The summed E-state index contributed by atoms with van der Waals surface area (Å²) in [6, 6.07) is 8.03. The van der Waals surface area contributed by atoms with E-state index in [1.165, 1.54) is 11.1 Å². The van der Waals surface area contributed by atoms with Gasteiger partial charge < -0.3 is 18.4 Å². The Balaban J connectivity index is 1.73. The summed E-state index contributed by atoms with van der Waals surface area (Å²) in [6.45, 7) is 21.7. The predicted octanol–water partition coefficient (Wildman–Crippen LogP) is 6.07. The zero-order valence-electron chi connectivity index (χ0n) is 20.7. The van der Waals surface area contributed by atoms with Crippen LogP contribution in [0, 0.1) is 0 Å². The summed E-state index contributed by atoms with van der Waals surface area (Å²) < 4.78 is 20.1. The number of ether oxygens (including phenoxy) is 3. The second-order valence-corrected chi connectivity index (χ2v) is 21.0. The molecule has 2 atom stereocenters. The Morgan fingerprint density at radius 3 is 2.23 bits per heavy atom. The molecular weight excluding hydrogens is 406 g/mol. The lowest BCUT2D eigenvalue weighted by Gasteiger charge is -2.44. The van der Waals surface area contributed by atoms with Crippen LogP contribution in [0.2, 0.25) is 39.3 Å². The van der Waals surface area contributed by atoms with E-state index in [9.17, 15) is 0 Å². The van der Waals surface area contributed by atoms with Crippen molar-refractivity contribution in [3.8, 4) is 5.75 Å². The van der Waals surface area contributed by atoms with E-state index < -0.39 is 16.5 Å². The Kier molecular flexibility index (Phi) is 8.55. The van der Waals surface area contributed by atoms with E-state index in [4.69, 9.17) is 14.2 Å². The first-order chi connectivity index (χ1) is 13.8. The fourth-order valence-corrected chi connectivity index (χ4v) is 13.8. The van der Waals surface area contributed by atoms with Crippen LogP contribution in [0.15, 0.2) is 35.9 Å². The SMILES string of the molecule is COc1ccc(COC/C=C(\C)CC[C@@H]2O[C@@]2(C)CN([Si](C)(C)C)[Si](C)(C)C)cc1. The molecule has 1 heterocycles. The van der Waals surface area contributed by atoms with Crippen LogP contribution in [0.3, 0.4) is 0 Å². The maximum absolute atomic E-state index is 6.21. The van der Waals surface area contributed by atoms with Gasteiger partial charge in [0.15, 0.2) is 0 Å². The highest BCUT2D eigenvalue weighted by Gasteiger charge is 2.54. The van der Waals surface area contributed by atoms with Crippen LogP contribution in [0.4, 0.5) is 0 Å². The number of rotatable bonds is 12. The lowest BCUT2D eigenvalue weighted by Crippen LogP contribution is -2.61. The first-order valence-electron chi connectivity index (χ1n) is 11.2. The summed E-state index contributed by atoms with van der Waals surface area (Å²) in [5, 5.41) is 0. The van der Waals surface area contributed by atoms with Crippen molar-refractivity contribution in [3.05, 3.63) is 41.5 Å². The van der Waals surface area contributed by atoms with Gasteiger partial charge in [-0.25, -0.2) is 0 Å². The first kappa shape index (κ1) is 25.3. The second kappa shape index (κ2) is 10.1. The topological polar surface area (TPSA) is 34.2 Å². The molecule has 0 aromatic heterocycles. The molecule has 0 amide bonds. The maximum atomic E-state index is 6.21. The predicted molar refractivity (Wildman–Crippen MR) is 132 cm³/mol. The van der Waals surface area contributed by atoms with E-state index in [1.807, 2.05) is 24.3 Å². The van der Waals surface area contributed by atoms with Crippen LogP contribution in [0.5, 0.6) is 5.75 Å². The van der Waals surface area contributed by atoms with Crippen molar-refractivity contribution in [2.24, 2.45) is 0 Å². The van der Waals surface area contributed by atoms with Gasteiger partial charge in [-0.3, -0.25) is 0 Å². The summed E-state index contributed by atoms with van der Waals surface area (Å²) in [5.41, 5.74) is 2.58. The number of epoxide rings is 1. The first-order valence-corrected chi connectivity index (χ1v) is 18.1. The lowest BCUT2D eigenvalue weighted by atomic mass is 10.0. The molecule has 0 aliphatic carbocycles. The Bertz CT molecular complexity index is 693. The highest BCUT2D eigenvalue weighted by molar-refractivity contribution is 6.89. The summed E-state index contributed by atoms with van der Waals surface area (Å²) in [6.07, 6.45) is 4.77. The van der Waals surface area contributed by atoms with Gasteiger partial charge in [0.05, 0.1) is 26.4 Å². The van der Waals surface area contributed by atoms with E-state index in [0.717, 1.165) is 25.1 Å². The van der Waals surface area contributed by atoms with Crippen LogP contribution < -0.4 is 4.74 Å². The molecule has 1 aromatic rings. The molecule has 30 heavy (non-hydrogen) atoms. The zero-order valence-corrected chi connectivity index (χ0v) is 22.7. The van der Waals surface area contributed by atoms with Gasteiger partial charge in [-0.05, 0) is 44.4 Å². The van der Waals surface area contributed by atoms with E-state index in [-0.39, 0.29) is 5.60 Å². The van der Waals surface area contributed by atoms with Gasteiger partial charge in [0.25, 0.3) is 0 Å². The molecule has 0 spiro atoms. The minimum atomic E-state index is -1.34. The van der Waals surface area contributed by atoms with E-state index >= 15 is 0 Å². The number of methoxy groups -OCH3 is 1. The molecule has 0 radical (unpaired) electrons. The van der Waals surface area contributed by atoms with Gasteiger partial charge >= 0.3 is 0 Å². The molecule has 0 saturated carbocycles. The van der Waals surface area contributed by atoms with Crippen molar-refractivity contribution in [2.45, 2.75) is 84.3 Å². The molecular formula is C24H43NO3Si2. The quantitative estimate of drug-likeness (QED) is 0.168. The summed E-state index contributed by atoms with van der Waals surface area (Å²) in [7, 11) is -0.999. The molecule has 1 saturated heterocycles. The average Bonchev–Trinajstić information content (AvgIpc) is 3.30. The van der Waals surface area contributed by atoms with E-state index in [0.29, 0.717) is 19.3 Å². The highest BCUT2D eigenvalue weighted by atomic mass is 28.4. The molecule has 1 aliphatic rings. The van der Waals surface area contributed by atoms with Crippen LogP contribution in [-0.4, -0.2) is 52.7 Å². The van der Waals surface area contributed by atoms with Crippen LogP contribution in [0.1, 0.15) is 32.3 Å². The molecule has 2 rings (SSSR count). The highest BCUT2D eigenvalue weighted by Crippen LogP contribution is 2.42. The van der Waals surface area contributed by atoms with Crippen molar-refractivity contribution in [3.63, 3.8) is 0 Å². The number of hydrogen-bond donors (Lipinski definition) is 0. The van der Waals surface area contributed by atoms with Crippen LogP contribution in [-0.2, 0) is 16.1 Å². The van der Waals surface area contributed by atoms with Gasteiger partial charge in [-0.2, -0.15) is 0 Å². The Labute approximate surface area is 186 Å². The minimum absolute atomic E-state index is 0.0334.